The Hall–Kier alpha value is -2.16. The summed E-state index contributed by atoms with van der Waals surface area (Å²) in [4.78, 5) is 0. The third-order valence-electron chi connectivity index (χ3n) is 3.58. The first-order valence-corrected chi connectivity index (χ1v) is 6.46. The fourth-order valence-electron chi connectivity index (χ4n) is 2.62. The maximum Gasteiger partial charge on any atom is 0.119 e. The molecule has 3 heteroatoms. The van der Waals surface area contributed by atoms with E-state index in [1.54, 1.807) is 19.2 Å². The second-order valence-corrected chi connectivity index (χ2v) is 4.93. The zero-order valence-corrected chi connectivity index (χ0v) is 10.9. The average Bonchev–Trinajstić information content (AvgIpc) is 2.82. The van der Waals surface area contributed by atoms with Gasteiger partial charge in [0.1, 0.15) is 11.5 Å². The fraction of sp³-hybridized carbons (Fsp3) is 0.250. The van der Waals surface area contributed by atoms with Gasteiger partial charge in [-0.2, -0.15) is 0 Å². The number of fused-ring (bicyclic) bond motifs is 1. The van der Waals surface area contributed by atoms with E-state index in [1.807, 2.05) is 18.2 Å². The van der Waals surface area contributed by atoms with Crippen molar-refractivity contribution in [1.29, 1.82) is 0 Å². The van der Waals surface area contributed by atoms with Crippen molar-refractivity contribution in [3.8, 4) is 11.5 Å². The Morgan fingerprint density at radius 3 is 2.53 bits per heavy atom. The third kappa shape index (κ3) is 2.50. The van der Waals surface area contributed by atoms with Crippen LogP contribution in [0.4, 0.5) is 5.69 Å². The molecule has 3 nitrogen and oxygen atoms in total. The molecule has 0 radical (unpaired) electrons. The number of phenols is 1. The minimum atomic E-state index is 0.296. The smallest absolute Gasteiger partial charge is 0.119 e. The standard InChI is InChI=1S/C16H17NO2/c1-19-16-7-2-11-8-14(9-12(11)10-16)17-13-3-5-15(18)6-4-13/h2-7,10,14,17-18H,8-9H2,1H3. The van der Waals surface area contributed by atoms with Crippen molar-refractivity contribution < 1.29 is 9.84 Å². The van der Waals surface area contributed by atoms with Crippen molar-refractivity contribution in [1.82, 2.24) is 0 Å². The molecule has 1 unspecified atom stereocenters. The van der Waals surface area contributed by atoms with Gasteiger partial charge < -0.3 is 15.2 Å². The first-order chi connectivity index (χ1) is 9.24. The van der Waals surface area contributed by atoms with Crippen molar-refractivity contribution in [2.24, 2.45) is 0 Å². The summed E-state index contributed by atoms with van der Waals surface area (Å²) in [5, 5.41) is 12.8. The van der Waals surface area contributed by atoms with Gasteiger partial charge in [-0.1, -0.05) is 6.07 Å². The Bertz CT molecular complexity index is 578. The molecule has 3 rings (SSSR count). The number of nitrogens with one attached hydrogen (secondary N) is 1. The van der Waals surface area contributed by atoms with Crippen molar-refractivity contribution in [3.05, 3.63) is 53.6 Å². The molecule has 0 bridgehead atoms. The molecule has 19 heavy (non-hydrogen) atoms. The highest BCUT2D eigenvalue weighted by atomic mass is 16.5. The minimum absolute atomic E-state index is 0.296. The molecule has 0 heterocycles. The summed E-state index contributed by atoms with van der Waals surface area (Å²) < 4.78 is 5.26. The SMILES string of the molecule is COc1ccc2c(c1)CC(Nc1ccc(O)cc1)C2. The first-order valence-electron chi connectivity index (χ1n) is 6.46. The number of ether oxygens (including phenoxy) is 1. The van der Waals surface area contributed by atoms with E-state index in [-0.39, 0.29) is 0 Å². The number of phenolic OH excluding ortho intramolecular Hbond substituents is 1. The summed E-state index contributed by atoms with van der Waals surface area (Å²) in [6.45, 7) is 0. The van der Waals surface area contributed by atoms with Gasteiger partial charge in [0.05, 0.1) is 7.11 Å². The molecule has 0 aliphatic heterocycles. The first kappa shape index (κ1) is 11.9. The van der Waals surface area contributed by atoms with Crippen LogP contribution in [0.2, 0.25) is 0 Å². The number of benzene rings is 2. The molecule has 1 aliphatic rings. The van der Waals surface area contributed by atoms with Crippen LogP contribution in [-0.2, 0) is 12.8 Å². The topological polar surface area (TPSA) is 41.5 Å². The zero-order chi connectivity index (χ0) is 13.2. The van der Waals surface area contributed by atoms with E-state index in [9.17, 15) is 5.11 Å². The Labute approximate surface area is 112 Å². The lowest BCUT2D eigenvalue weighted by molar-refractivity contribution is 0.414. The van der Waals surface area contributed by atoms with E-state index in [2.05, 4.69) is 17.4 Å². The highest BCUT2D eigenvalue weighted by molar-refractivity contribution is 5.49. The van der Waals surface area contributed by atoms with Crippen molar-refractivity contribution in [3.63, 3.8) is 0 Å². The van der Waals surface area contributed by atoms with Gasteiger partial charge in [0, 0.05) is 11.7 Å². The van der Waals surface area contributed by atoms with Crippen LogP contribution in [0.3, 0.4) is 0 Å². The van der Waals surface area contributed by atoms with E-state index >= 15 is 0 Å². The number of aromatic hydroxyl groups is 1. The second-order valence-electron chi connectivity index (χ2n) is 4.93. The van der Waals surface area contributed by atoms with Gasteiger partial charge in [0.2, 0.25) is 0 Å². The van der Waals surface area contributed by atoms with Gasteiger partial charge >= 0.3 is 0 Å². The van der Waals surface area contributed by atoms with Gasteiger partial charge in [0.15, 0.2) is 0 Å². The summed E-state index contributed by atoms with van der Waals surface area (Å²) in [6, 6.07) is 13.9. The van der Waals surface area contributed by atoms with Gasteiger partial charge in [-0.3, -0.25) is 0 Å². The molecule has 0 aromatic heterocycles. The number of rotatable bonds is 3. The second kappa shape index (κ2) is 4.84. The maximum atomic E-state index is 9.28. The zero-order valence-electron chi connectivity index (χ0n) is 10.9. The van der Waals surface area contributed by atoms with Gasteiger partial charge in [-0.15, -0.1) is 0 Å². The predicted molar refractivity (Wildman–Crippen MR) is 75.9 cm³/mol. The van der Waals surface area contributed by atoms with Crippen LogP contribution < -0.4 is 10.1 Å². The summed E-state index contributed by atoms with van der Waals surface area (Å²) in [7, 11) is 1.70. The molecule has 2 aromatic carbocycles. The van der Waals surface area contributed by atoms with Crippen molar-refractivity contribution in [2.75, 3.05) is 12.4 Å². The molecule has 1 aliphatic carbocycles. The summed E-state index contributed by atoms with van der Waals surface area (Å²) in [5.41, 5.74) is 3.79. The third-order valence-corrected chi connectivity index (χ3v) is 3.58. The predicted octanol–water partition coefficient (Wildman–Crippen LogP) is 2.98. The molecule has 2 aromatic rings. The van der Waals surface area contributed by atoms with Gasteiger partial charge in [-0.05, 0) is 60.4 Å². The molecule has 1 atom stereocenters. The summed E-state index contributed by atoms with van der Waals surface area (Å²) >= 11 is 0. The lowest BCUT2D eigenvalue weighted by Gasteiger charge is -2.13. The van der Waals surface area contributed by atoms with Crippen LogP contribution >= 0.6 is 0 Å². The van der Waals surface area contributed by atoms with Crippen molar-refractivity contribution in [2.45, 2.75) is 18.9 Å². The van der Waals surface area contributed by atoms with Gasteiger partial charge in [-0.25, -0.2) is 0 Å². The highest BCUT2D eigenvalue weighted by Crippen LogP contribution is 2.28. The van der Waals surface area contributed by atoms with E-state index in [4.69, 9.17) is 4.74 Å². The molecule has 0 amide bonds. The van der Waals surface area contributed by atoms with Crippen LogP contribution in [0.15, 0.2) is 42.5 Å². The van der Waals surface area contributed by atoms with Crippen LogP contribution in [0.5, 0.6) is 11.5 Å². The van der Waals surface area contributed by atoms with Gasteiger partial charge in [0.25, 0.3) is 0 Å². The molecule has 0 fully saturated rings. The van der Waals surface area contributed by atoms with Crippen LogP contribution in [-0.4, -0.2) is 18.3 Å². The number of anilines is 1. The monoisotopic (exact) mass is 255 g/mol. The summed E-state index contributed by atoms with van der Waals surface area (Å²) in [5.74, 6) is 1.22. The minimum Gasteiger partial charge on any atom is -0.508 e. The van der Waals surface area contributed by atoms with Crippen LogP contribution in [0.1, 0.15) is 11.1 Å². The lowest BCUT2D eigenvalue weighted by atomic mass is 10.1. The van der Waals surface area contributed by atoms with Crippen LogP contribution in [0, 0.1) is 0 Å². The average molecular weight is 255 g/mol. The highest BCUT2D eigenvalue weighted by Gasteiger charge is 2.21. The fourth-order valence-corrected chi connectivity index (χ4v) is 2.62. The van der Waals surface area contributed by atoms with Crippen LogP contribution in [0.25, 0.3) is 0 Å². The summed E-state index contributed by atoms with van der Waals surface area (Å²) in [6.07, 6.45) is 2.04. The number of hydrogen-bond donors (Lipinski definition) is 2. The molecule has 2 N–H and O–H groups in total. The quantitative estimate of drug-likeness (QED) is 0.828. The Morgan fingerprint density at radius 2 is 1.79 bits per heavy atom. The number of methoxy groups -OCH3 is 1. The molecule has 0 spiro atoms. The van der Waals surface area contributed by atoms with E-state index in [0.717, 1.165) is 24.3 Å². The van der Waals surface area contributed by atoms with Crippen molar-refractivity contribution >= 4 is 5.69 Å². The van der Waals surface area contributed by atoms with E-state index in [1.165, 1.54) is 11.1 Å². The Balaban J connectivity index is 1.71. The normalized spacial score (nSPS) is 17.0. The number of hydrogen-bond acceptors (Lipinski definition) is 3. The molecular weight excluding hydrogens is 238 g/mol. The van der Waals surface area contributed by atoms with E-state index in [0.29, 0.717) is 11.8 Å². The lowest BCUT2D eigenvalue weighted by Crippen LogP contribution is -2.19. The maximum absolute atomic E-state index is 9.28. The molecular formula is C16H17NO2. The molecule has 0 saturated carbocycles. The Morgan fingerprint density at radius 1 is 1.05 bits per heavy atom. The largest absolute Gasteiger partial charge is 0.508 e. The molecule has 0 saturated heterocycles. The molecule has 98 valence electrons. The van der Waals surface area contributed by atoms with E-state index < -0.39 is 0 Å². The Kier molecular flexibility index (Phi) is 3.03.